The number of hydrogen-bond donors (Lipinski definition) is 1. The van der Waals surface area contributed by atoms with E-state index >= 15 is 0 Å². The van der Waals surface area contributed by atoms with Gasteiger partial charge < -0.3 is 10.6 Å². The number of rotatable bonds is 3. The molecule has 2 rings (SSSR count). The number of nitrogens with zero attached hydrogens (tertiary/aromatic N) is 1. The zero-order valence-electron chi connectivity index (χ0n) is 9.53. The van der Waals surface area contributed by atoms with Crippen LogP contribution in [0.25, 0.3) is 0 Å². The summed E-state index contributed by atoms with van der Waals surface area (Å²) in [6.45, 7) is 3.95. The van der Waals surface area contributed by atoms with Crippen LogP contribution in [0.5, 0.6) is 0 Å². The Hall–Kier alpha value is -0.930. The predicted octanol–water partition coefficient (Wildman–Crippen LogP) is 1.96. The average molecular weight is 222 g/mol. The number of nitrogens with two attached hydrogens (primary N) is 1. The van der Waals surface area contributed by atoms with E-state index in [1.54, 1.807) is 12.1 Å². The van der Waals surface area contributed by atoms with Gasteiger partial charge >= 0.3 is 0 Å². The van der Waals surface area contributed by atoms with E-state index in [4.69, 9.17) is 5.73 Å². The van der Waals surface area contributed by atoms with Crippen LogP contribution in [0, 0.1) is 5.82 Å². The van der Waals surface area contributed by atoms with E-state index in [0.717, 1.165) is 39.0 Å². The predicted molar refractivity (Wildman–Crippen MR) is 63.9 cm³/mol. The SMILES string of the molecule is NCCN1CCC(c2ccc(F)cc2)CC1. The van der Waals surface area contributed by atoms with Crippen molar-refractivity contribution >= 4 is 0 Å². The molecule has 3 heteroatoms. The van der Waals surface area contributed by atoms with Crippen LogP contribution >= 0.6 is 0 Å². The lowest BCUT2D eigenvalue weighted by molar-refractivity contribution is 0.217. The Balaban J connectivity index is 1.91. The highest BCUT2D eigenvalue weighted by molar-refractivity contribution is 5.21. The van der Waals surface area contributed by atoms with Crippen LogP contribution in [0.1, 0.15) is 24.3 Å². The fourth-order valence-corrected chi connectivity index (χ4v) is 2.41. The third kappa shape index (κ3) is 2.80. The van der Waals surface area contributed by atoms with Crippen molar-refractivity contribution in [1.29, 1.82) is 0 Å². The molecule has 0 aromatic heterocycles. The molecule has 1 fully saturated rings. The summed E-state index contributed by atoms with van der Waals surface area (Å²) < 4.78 is 12.8. The van der Waals surface area contributed by atoms with Gasteiger partial charge in [-0.15, -0.1) is 0 Å². The highest BCUT2D eigenvalue weighted by Crippen LogP contribution is 2.27. The normalized spacial score (nSPS) is 18.9. The minimum absolute atomic E-state index is 0.149. The molecule has 1 aromatic carbocycles. The van der Waals surface area contributed by atoms with Gasteiger partial charge in [-0.3, -0.25) is 0 Å². The zero-order valence-corrected chi connectivity index (χ0v) is 9.53. The van der Waals surface area contributed by atoms with E-state index in [9.17, 15) is 4.39 Å². The Labute approximate surface area is 96.2 Å². The van der Waals surface area contributed by atoms with Gasteiger partial charge in [0.05, 0.1) is 0 Å². The van der Waals surface area contributed by atoms with Crippen molar-refractivity contribution in [3.8, 4) is 0 Å². The highest BCUT2D eigenvalue weighted by atomic mass is 19.1. The van der Waals surface area contributed by atoms with E-state index < -0.39 is 0 Å². The summed E-state index contributed by atoms with van der Waals surface area (Å²) in [4.78, 5) is 2.40. The molecule has 1 saturated heterocycles. The molecule has 16 heavy (non-hydrogen) atoms. The number of likely N-dealkylation sites (tertiary alicyclic amines) is 1. The second kappa shape index (κ2) is 5.41. The average Bonchev–Trinajstić information content (AvgIpc) is 2.32. The minimum Gasteiger partial charge on any atom is -0.329 e. The van der Waals surface area contributed by atoms with E-state index in [0.29, 0.717) is 5.92 Å². The maximum Gasteiger partial charge on any atom is 0.123 e. The molecular weight excluding hydrogens is 203 g/mol. The molecule has 1 aliphatic rings. The first-order chi connectivity index (χ1) is 7.79. The Morgan fingerprint density at radius 2 is 1.81 bits per heavy atom. The number of hydrogen-bond acceptors (Lipinski definition) is 2. The first kappa shape index (κ1) is 11.6. The van der Waals surface area contributed by atoms with E-state index in [1.807, 2.05) is 12.1 Å². The van der Waals surface area contributed by atoms with Gasteiger partial charge in [-0.25, -0.2) is 4.39 Å². The molecule has 0 bridgehead atoms. The molecule has 88 valence electrons. The van der Waals surface area contributed by atoms with Gasteiger partial charge in [0.1, 0.15) is 5.82 Å². The lowest BCUT2D eigenvalue weighted by atomic mass is 9.89. The molecule has 0 radical (unpaired) electrons. The second-order valence-corrected chi connectivity index (χ2v) is 4.46. The Kier molecular flexibility index (Phi) is 3.91. The standard InChI is InChI=1S/C13H19FN2/c14-13-3-1-11(2-4-13)12-5-8-16(9-6-12)10-7-15/h1-4,12H,5-10,15H2. The van der Waals surface area contributed by atoms with Crippen molar-refractivity contribution in [2.75, 3.05) is 26.2 Å². The monoisotopic (exact) mass is 222 g/mol. The van der Waals surface area contributed by atoms with Crippen molar-refractivity contribution in [2.24, 2.45) is 5.73 Å². The van der Waals surface area contributed by atoms with E-state index in [2.05, 4.69) is 4.90 Å². The molecular formula is C13H19FN2. The molecule has 0 unspecified atom stereocenters. The van der Waals surface area contributed by atoms with Crippen LogP contribution in [0.2, 0.25) is 0 Å². The van der Waals surface area contributed by atoms with Gasteiger partial charge in [0, 0.05) is 13.1 Å². The van der Waals surface area contributed by atoms with Crippen LogP contribution in [0.4, 0.5) is 4.39 Å². The molecule has 0 saturated carbocycles. The fourth-order valence-electron chi connectivity index (χ4n) is 2.41. The zero-order chi connectivity index (χ0) is 11.4. The number of piperidine rings is 1. The van der Waals surface area contributed by atoms with Crippen LogP contribution < -0.4 is 5.73 Å². The van der Waals surface area contributed by atoms with Gasteiger partial charge in [0.2, 0.25) is 0 Å². The maximum atomic E-state index is 12.8. The Morgan fingerprint density at radius 3 is 2.38 bits per heavy atom. The highest BCUT2D eigenvalue weighted by Gasteiger charge is 2.19. The van der Waals surface area contributed by atoms with Gasteiger partial charge in [-0.2, -0.15) is 0 Å². The van der Waals surface area contributed by atoms with Crippen molar-refractivity contribution in [3.63, 3.8) is 0 Å². The van der Waals surface area contributed by atoms with Gasteiger partial charge in [0.15, 0.2) is 0 Å². The van der Waals surface area contributed by atoms with Crippen molar-refractivity contribution in [1.82, 2.24) is 4.90 Å². The summed E-state index contributed by atoms with van der Waals surface area (Å²) in [6, 6.07) is 6.94. The number of halogens is 1. The quantitative estimate of drug-likeness (QED) is 0.847. The first-order valence-corrected chi connectivity index (χ1v) is 5.97. The maximum absolute atomic E-state index is 12.8. The minimum atomic E-state index is -0.149. The molecule has 0 spiro atoms. The smallest absolute Gasteiger partial charge is 0.123 e. The summed E-state index contributed by atoms with van der Waals surface area (Å²) in [7, 11) is 0. The molecule has 0 atom stereocenters. The van der Waals surface area contributed by atoms with Gasteiger partial charge in [-0.1, -0.05) is 12.1 Å². The molecule has 2 N–H and O–H groups in total. The van der Waals surface area contributed by atoms with Crippen molar-refractivity contribution in [2.45, 2.75) is 18.8 Å². The Bertz CT molecular complexity index is 315. The first-order valence-electron chi connectivity index (χ1n) is 5.97. The number of benzene rings is 1. The van der Waals surface area contributed by atoms with E-state index in [1.165, 1.54) is 5.56 Å². The molecule has 0 amide bonds. The van der Waals surface area contributed by atoms with Crippen LogP contribution in [0.15, 0.2) is 24.3 Å². The van der Waals surface area contributed by atoms with E-state index in [-0.39, 0.29) is 5.82 Å². The molecule has 1 heterocycles. The largest absolute Gasteiger partial charge is 0.329 e. The molecule has 0 aliphatic carbocycles. The lowest BCUT2D eigenvalue weighted by Gasteiger charge is -2.31. The summed E-state index contributed by atoms with van der Waals surface area (Å²) >= 11 is 0. The van der Waals surface area contributed by atoms with Crippen molar-refractivity contribution in [3.05, 3.63) is 35.6 Å². The van der Waals surface area contributed by atoms with Gasteiger partial charge in [-0.05, 0) is 49.5 Å². The molecule has 1 aliphatic heterocycles. The second-order valence-electron chi connectivity index (χ2n) is 4.46. The molecule has 1 aromatic rings. The lowest BCUT2D eigenvalue weighted by Crippen LogP contribution is -2.36. The van der Waals surface area contributed by atoms with Crippen LogP contribution in [-0.2, 0) is 0 Å². The fraction of sp³-hybridized carbons (Fsp3) is 0.538. The topological polar surface area (TPSA) is 29.3 Å². The molecule has 2 nitrogen and oxygen atoms in total. The third-order valence-electron chi connectivity index (χ3n) is 3.37. The summed E-state index contributed by atoms with van der Waals surface area (Å²) in [5, 5.41) is 0. The van der Waals surface area contributed by atoms with Crippen LogP contribution in [0.3, 0.4) is 0 Å². The van der Waals surface area contributed by atoms with Crippen LogP contribution in [-0.4, -0.2) is 31.1 Å². The summed E-state index contributed by atoms with van der Waals surface area (Å²) in [5.74, 6) is 0.443. The Morgan fingerprint density at radius 1 is 1.19 bits per heavy atom. The summed E-state index contributed by atoms with van der Waals surface area (Å²) in [5.41, 5.74) is 6.81. The van der Waals surface area contributed by atoms with Crippen molar-refractivity contribution < 1.29 is 4.39 Å². The van der Waals surface area contributed by atoms with Gasteiger partial charge in [0.25, 0.3) is 0 Å². The summed E-state index contributed by atoms with van der Waals surface area (Å²) in [6.07, 6.45) is 2.32. The third-order valence-corrected chi connectivity index (χ3v) is 3.37.